The third-order valence-electron chi connectivity index (χ3n) is 3.68. The van der Waals surface area contributed by atoms with E-state index in [9.17, 15) is 4.79 Å². The van der Waals surface area contributed by atoms with Gasteiger partial charge in [0.25, 0.3) is 0 Å². The van der Waals surface area contributed by atoms with Crippen LogP contribution in [-0.4, -0.2) is 36.7 Å². The fourth-order valence-electron chi connectivity index (χ4n) is 2.61. The monoisotopic (exact) mass is 311 g/mol. The maximum Gasteiger partial charge on any atom is 0.222 e. The van der Waals surface area contributed by atoms with Crippen LogP contribution in [0.2, 0.25) is 0 Å². The number of aromatic nitrogens is 1. The average Bonchev–Trinajstić information content (AvgIpc) is 2.79. The summed E-state index contributed by atoms with van der Waals surface area (Å²) in [5.41, 5.74) is 1.01. The predicted molar refractivity (Wildman–Crippen MR) is 84.6 cm³/mol. The summed E-state index contributed by atoms with van der Waals surface area (Å²) in [7, 11) is 0. The van der Waals surface area contributed by atoms with E-state index in [1.807, 2.05) is 20.8 Å². The summed E-state index contributed by atoms with van der Waals surface area (Å²) in [4.78, 5) is 17.5. The van der Waals surface area contributed by atoms with Gasteiger partial charge in [-0.2, -0.15) is 0 Å². The molecule has 2 heterocycles. The van der Waals surface area contributed by atoms with E-state index in [1.54, 1.807) is 11.3 Å². The Morgan fingerprint density at radius 1 is 1.48 bits per heavy atom. The van der Waals surface area contributed by atoms with Crippen molar-refractivity contribution in [2.45, 2.75) is 52.2 Å². The molecule has 21 heavy (non-hydrogen) atoms. The third-order valence-corrected chi connectivity index (χ3v) is 4.93. The van der Waals surface area contributed by atoms with Crippen molar-refractivity contribution in [2.75, 3.05) is 19.7 Å². The van der Waals surface area contributed by atoms with Crippen molar-refractivity contribution >= 4 is 17.2 Å². The lowest BCUT2D eigenvalue weighted by molar-refractivity contribution is -0.123. The number of thiazole rings is 1. The lowest BCUT2D eigenvalue weighted by atomic mass is 10.1. The van der Waals surface area contributed by atoms with Crippen LogP contribution < -0.4 is 10.6 Å². The zero-order chi connectivity index (χ0) is 15.2. The molecule has 0 aliphatic carbocycles. The number of carbonyl (C=O) groups is 1. The summed E-state index contributed by atoms with van der Waals surface area (Å²) in [6, 6.07) is 0.0163. The van der Waals surface area contributed by atoms with Gasteiger partial charge in [0.1, 0.15) is 0 Å². The first-order valence-corrected chi connectivity index (χ1v) is 8.43. The molecular weight excluding hydrogens is 286 g/mol. The molecule has 0 bridgehead atoms. The molecule has 1 amide bonds. The highest BCUT2D eigenvalue weighted by Gasteiger charge is 2.16. The summed E-state index contributed by atoms with van der Waals surface area (Å²) in [6.45, 7) is 8.51. The highest BCUT2D eigenvalue weighted by atomic mass is 32.1. The van der Waals surface area contributed by atoms with Gasteiger partial charge in [0, 0.05) is 11.3 Å². The Kier molecular flexibility index (Phi) is 6.14. The van der Waals surface area contributed by atoms with E-state index < -0.39 is 0 Å². The molecule has 0 saturated carbocycles. The number of ether oxygens (including phenoxy) is 1. The van der Waals surface area contributed by atoms with E-state index in [4.69, 9.17) is 4.74 Å². The maximum atomic E-state index is 12.0. The number of hydrogen-bond acceptors (Lipinski definition) is 5. The minimum atomic E-state index is 0.0163. The minimum absolute atomic E-state index is 0.0163. The SMILES string of the molecule is Cc1nc(C)c(C(C)NC(=O)CCOC2CCNCC2)s1. The molecule has 5 nitrogen and oxygen atoms in total. The number of hydrogen-bond donors (Lipinski definition) is 2. The molecule has 1 aromatic rings. The minimum Gasteiger partial charge on any atom is -0.378 e. The molecule has 1 aliphatic heterocycles. The van der Waals surface area contributed by atoms with Crippen LogP contribution in [-0.2, 0) is 9.53 Å². The van der Waals surface area contributed by atoms with Crippen molar-refractivity contribution in [1.82, 2.24) is 15.6 Å². The van der Waals surface area contributed by atoms with Crippen molar-refractivity contribution in [3.63, 3.8) is 0 Å². The molecule has 1 unspecified atom stereocenters. The largest absolute Gasteiger partial charge is 0.378 e. The molecule has 0 aromatic carbocycles. The van der Waals surface area contributed by atoms with Crippen molar-refractivity contribution in [1.29, 1.82) is 0 Å². The first kappa shape index (κ1) is 16.4. The standard InChI is InChI=1S/C15H25N3O2S/c1-10-15(21-12(3)17-10)11(2)18-14(19)6-9-20-13-4-7-16-8-5-13/h11,13,16H,4-9H2,1-3H3,(H,18,19). The highest BCUT2D eigenvalue weighted by molar-refractivity contribution is 7.11. The fourth-order valence-corrected chi connectivity index (χ4v) is 3.54. The van der Waals surface area contributed by atoms with Crippen LogP contribution in [0, 0.1) is 13.8 Å². The lowest BCUT2D eigenvalue weighted by Gasteiger charge is -2.23. The van der Waals surface area contributed by atoms with Crippen LogP contribution in [0.4, 0.5) is 0 Å². The van der Waals surface area contributed by atoms with Gasteiger partial charge in [-0.1, -0.05) is 0 Å². The second kappa shape index (κ2) is 7.87. The van der Waals surface area contributed by atoms with Crippen molar-refractivity contribution < 1.29 is 9.53 Å². The van der Waals surface area contributed by atoms with Crippen LogP contribution >= 0.6 is 11.3 Å². The van der Waals surface area contributed by atoms with Crippen LogP contribution in [0.15, 0.2) is 0 Å². The van der Waals surface area contributed by atoms with Gasteiger partial charge in [-0.05, 0) is 46.7 Å². The molecule has 6 heteroatoms. The molecule has 2 N–H and O–H groups in total. The highest BCUT2D eigenvalue weighted by Crippen LogP contribution is 2.24. The predicted octanol–water partition coefficient (Wildman–Crippen LogP) is 2.10. The molecule has 0 spiro atoms. The van der Waals surface area contributed by atoms with Gasteiger partial charge in [0.15, 0.2) is 0 Å². The van der Waals surface area contributed by atoms with Gasteiger partial charge in [-0.3, -0.25) is 4.79 Å². The molecule has 2 rings (SSSR count). The van der Waals surface area contributed by atoms with E-state index in [0.29, 0.717) is 19.1 Å². The number of amides is 1. The van der Waals surface area contributed by atoms with Crippen molar-refractivity contribution in [3.05, 3.63) is 15.6 Å². The Morgan fingerprint density at radius 3 is 2.81 bits per heavy atom. The summed E-state index contributed by atoms with van der Waals surface area (Å²) in [5, 5.41) is 7.37. The summed E-state index contributed by atoms with van der Waals surface area (Å²) >= 11 is 1.65. The molecule has 1 fully saturated rings. The number of piperidine rings is 1. The van der Waals surface area contributed by atoms with Crippen LogP contribution in [0.25, 0.3) is 0 Å². The summed E-state index contributed by atoms with van der Waals surface area (Å²) in [6.07, 6.45) is 2.81. The van der Waals surface area contributed by atoms with E-state index in [-0.39, 0.29) is 11.9 Å². The first-order chi connectivity index (χ1) is 10.1. The third kappa shape index (κ3) is 5.05. The Labute approximate surface area is 130 Å². The number of carbonyl (C=O) groups excluding carboxylic acids is 1. The van der Waals surface area contributed by atoms with Gasteiger partial charge in [-0.25, -0.2) is 4.98 Å². The van der Waals surface area contributed by atoms with Crippen LogP contribution in [0.5, 0.6) is 0 Å². The smallest absolute Gasteiger partial charge is 0.222 e. The Morgan fingerprint density at radius 2 is 2.19 bits per heavy atom. The number of rotatable bonds is 6. The molecule has 0 radical (unpaired) electrons. The second-order valence-corrected chi connectivity index (χ2v) is 6.78. The molecular formula is C15H25N3O2S. The van der Waals surface area contributed by atoms with Crippen LogP contribution in [0.1, 0.15) is 47.8 Å². The Bertz CT molecular complexity index is 469. The molecule has 1 aromatic heterocycles. The van der Waals surface area contributed by atoms with E-state index in [2.05, 4.69) is 15.6 Å². The quantitative estimate of drug-likeness (QED) is 0.844. The Balaban J connectivity index is 1.70. The zero-order valence-electron chi connectivity index (χ0n) is 13.1. The summed E-state index contributed by atoms with van der Waals surface area (Å²) in [5.74, 6) is 0.0434. The van der Waals surface area contributed by atoms with Gasteiger partial charge in [0.05, 0.1) is 29.5 Å². The van der Waals surface area contributed by atoms with E-state index in [1.165, 1.54) is 0 Å². The molecule has 1 saturated heterocycles. The van der Waals surface area contributed by atoms with Gasteiger partial charge >= 0.3 is 0 Å². The van der Waals surface area contributed by atoms with Gasteiger partial charge < -0.3 is 15.4 Å². The number of nitrogens with zero attached hydrogens (tertiary/aromatic N) is 1. The first-order valence-electron chi connectivity index (χ1n) is 7.62. The Hall–Kier alpha value is -0.980. The molecule has 118 valence electrons. The molecule has 1 aliphatic rings. The maximum absolute atomic E-state index is 12.0. The normalized spacial score (nSPS) is 17.7. The fraction of sp³-hybridized carbons (Fsp3) is 0.733. The van der Waals surface area contributed by atoms with Gasteiger partial charge in [0.2, 0.25) is 5.91 Å². The second-order valence-electron chi connectivity index (χ2n) is 5.54. The summed E-state index contributed by atoms with van der Waals surface area (Å²) < 4.78 is 5.76. The lowest BCUT2D eigenvalue weighted by Crippen LogP contribution is -2.33. The van der Waals surface area contributed by atoms with E-state index in [0.717, 1.165) is 41.5 Å². The van der Waals surface area contributed by atoms with Crippen molar-refractivity contribution in [2.24, 2.45) is 0 Å². The zero-order valence-corrected chi connectivity index (χ0v) is 13.9. The van der Waals surface area contributed by atoms with Gasteiger partial charge in [-0.15, -0.1) is 11.3 Å². The molecule has 1 atom stereocenters. The number of nitrogens with one attached hydrogen (secondary N) is 2. The topological polar surface area (TPSA) is 63.2 Å². The number of aryl methyl sites for hydroxylation is 2. The van der Waals surface area contributed by atoms with Crippen LogP contribution in [0.3, 0.4) is 0 Å². The van der Waals surface area contributed by atoms with Crippen molar-refractivity contribution in [3.8, 4) is 0 Å². The van der Waals surface area contributed by atoms with E-state index >= 15 is 0 Å². The average molecular weight is 311 g/mol.